The molecule has 0 bridgehead atoms. The molecule has 1 fully saturated rings. The van der Waals surface area contributed by atoms with Gasteiger partial charge in [-0.1, -0.05) is 13.0 Å². The molecule has 2 aromatic heterocycles. The van der Waals surface area contributed by atoms with E-state index in [9.17, 15) is 4.79 Å². The summed E-state index contributed by atoms with van der Waals surface area (Å²) in [6.45, 7) is 7.50. The van der Waals surface area contributed by atoms with Crippen LogP contribution in [0.2, 0.25) is 0 Å². The molecule has 3 heterocycles. The number of quaternary nitrogens is 1. The van der Waals surface area contributed by atoms with Crippen molar-refractivity contribution in [1.29, 1.82) is 0 Å². The van der Waals surface area contributed by atoms with Gasteiger partial charge in [-0.05, 0) is 31.9 Å². The van der Waals surface area contributed by atoms with Crippen LogP contribution in [0.25, 0.3) is 5.65 Å². The highest BCUT2D eigenvalue weighted by Gasteiger charge is 2.20. The second kappa shape index (κ2) is 5.37. The molecule has 1 aliphatic rings. The van der Waals surface area contributed by atoms with Crippen molar-refractivity contribution >= 4 is 5.65 Å². The lowest BCUT2D eigenvalue weighted by molar-refractivity contribution is -0.922. The predicted molar refractivity (Wildman–Crippen MR) is 79.0 cm³/mol. The quantitative estimate of drug-likeness (QED) is 0.879. The summed E-state index contributed by atoms with van der Waals surface area (Å²) in [6, 6.07) is 7.50. The van der Waals surface area contributed by atoms with Crippen molar-refractivity contribution in [2.24, 2.45) is 5.92 Å². The van der Waals surface area contributed by atoms with Crippen LogP contribution < -0.4 is 10.5 Å². The Morgan fingerprint density at radius 1 is 1.45 bits per heavy atom. The SMILES string of the molecule is Cc1cccc2nc(C[NH+]3CCC[C@@H](C)C3)cc(=O)n12. The van der Waals surface area contributed by atoms with E-state index in [0.29, 0.717) is 0 Å². The van der Waals surface area contributed by atoms with Crippen LogP contribution in [0.1, 0.15) is 31.2 Å². The van der Waals surface area contributed by atoms with E-state index in [1.54, 1.807) is 15.4 Å². The molecule has 4 nitrogen and oxygen atoms in total. The summed E-state index contributed by atoms with van der Waals surface area (Å²) in [5, 5.41) is 0. The molecule has 0 aliphatic carbocycles. The lowest BCUT2D eigenvalue weighted by Gasteiger charge is -2.27. The third-order valence-corrected chi connectivity index (χ3v) is 4.23. The molecule has 0 saturated carbocycles. The summed E-state index contributed by atoms with van der Waals surface area (Å²) in [4.78, 5) is 18.4. The maximum atomic E-state index is 12.2. The number of aromatic nitrogens is 2. The highest BCUT2D eigenvalue weighted by Crippen LogP contribution is 2.06. The van der Waals surface area contributed by atoms with E-state index in [0.717, 1.165) is 29.5 Å². The molecule has 1 aliphatic heterocycles. The number of nitrogens with zero attached hydrogens (tertiary/aromatic N) is 2. The molecular formula is C16H22N3O+. The highest BCUT2D eigenvalue weighted by atomic mass is 16.1. The first-order chi connectivity index (χ1) is 9.63. The minimum atomic E-state index is 0.0348. The zero-order chi connectivity index (χ0) is 14.1. The lowest BCUT2D eigenvalue weighted by Crippen LogP contribution is -3.12. The van der Waals surface area contributed by atoms with Crippen LogP contribution in [0.5, 0.6) is 0 Å². The third kappa shape index (κ3) is 2.61. The molecule has 2 atom stereocenters. The topological polar surface area (TPSA) is 38.8 Å². The number of piperidine rings is 1. The summed E-state index contributed by atoms with van der Waals surface area (Å²) in [5.74, 6) is 0.780. The molecule has 0 aromatic carbocycles. The largest absolute Gasteiger partial charge is 0.330 e. The van der Waals surface area contributed by atoms with Gasteiger partial charge in [0.15, 0.2) is 0 Å². The predicted octanol–water partition coefficient (Wildman–Crippen LogP) is 0.818. The Kier molecular flexibility index (Phi) is 3.57. The van der Waals surface area contributed by atoms with Gasteiger partial charge in [-0.15, -0.1) is 0 Å². The standard InChI is InChI=1S/C16H21N3O/c1-12-5-4-8-18(10-12)11-14-9-16(20)19-13(2)6-3-7-15(19)17-14/h3,6-7,9,12H,4-5,8,10-11H2,1-2H3/p+1/t12-/m1/s1. The Balaban J connectivity index is 1.91. The number of rotatable bonds is 2. The molecule has 0 amide bonds. The molecule has 1 N–H and O–H groups in total. The minimum absolute atomic E-state index is 0.0348. The van der Waals surface area contributed by atoms with Crippen molar-refractivity contribution in [3.63, 3.8) is 0 Å². The summed E-state index contributed by atoms with van der Waals surface area (Å²) in [6.07, 6.45) is 2.61. The van der Waals surface area contributed by atoms with Crippen molar-refractivity contribution in [2.75, 3.05) is 13.1 Å². The van der Waals surface area contributed by atoms with Crippen molar-refractivity contribution < 1.29 is 4.90 Å². The molecular weight excluding hydrogens is 250 g/mol. The fourth-order valence-electron chi connectivity index (χ4n) is 3.27. The van der Waals surface area contributed by atoms with Gasteiger partial charge < -0.3 is 4.90 Å². The number of likely N-dealkylation sites (tertiary alicyclic amines) is 1. The van der Waals surface area contributed by atoms with Gasteiger partial charge in [0.1, 0.15) is 17.9 Å². The van der Waals surface area contributed by atoms with Crippen molar-refractivity contribution in [3.8, 4) is 0 Å². The smallest absolute Gasteiger partial charge is 0.258 e. The Morgan fingerprint density at radius 2 is 2.30 bits per heavy atom. The van der Waals surface area contributed by atoms with Crippen molar-refractivity contribution in [3.05, 3.63) is 46.0 Å². The number of fused-ring (bicyclic) bond motifs is 1. The fourth-order valence-corrected chi connectivity index (χ4v) is 3.27. The number of aryl methyl sites for hydroxylation is 1. The van der Waals surface area contributed by atoms with Gasteiger partial charge >= 0.3 is 0 Å². The Hall–Kier alpha value is -1.68. The molecule has 2 aromatic rings. The van der Waals surface area contributed by atoms with Crippen molar-refractivity contribution in [1.82, 2.24) is 9.38 Å². The molecule has 1 saturated heterocycles. The zero-order valence-corrected chi connectivity index (χ0v) is 12.2. The Bertz CT molecular complexity index is 677. The van der Waals surface area contributed by atoms with E-state index in [1.165, 1.54) is 25.9 Å². The second-order valence-corrected chi connectivity index (χ2v) is 6.07. The zero-order valence-electron chi connectivity index (χ0n) is 12.2. The highest BCUT2D eigenvalue weighted by molar-refractivity contribution is 5.40. The average Bonchev–Trinajstić information content (AvgIpc) is 2.38. The van der Waals surface area contributed by atoms with Crippen LogP contribution in [0.4, 0.5) is 0 Å². The van der Waals surface area contributed by atoms with Crippen LogP contribution in [0.15, 0.2) is 29.1 Å². The van der Waals surface area contributed by atoms with Crippen LogP contribution in [-0.2, 0) is 6.54 Å². The Morgan fingerprint density at radius 3 is 3.10 bits per heavy atom. The van der Waals surface area contributed by atoms with Gasteiger partial charge in [0.05, 0.1) is 13.1 Å². The van der Waals surface area contributed by atoms with Crippen LogP contribution >= 0.6 is 0 Å². The van der Waals surface area contributed by atoms with E-state index in [-0.39, 0.29) is 5.56 Å². The minimum Gasteiger partial charge on any atom is -0.330 e. The van der Waals surface area contributed by atoms with Gasteiger partial charge in [0.2, 0.25) is 0 Å². The van der Waals surface area contributed by atoms with E-state index in [2.05, 4.69) is 11.9 Å². The monoisotopic (exact) mass is 272 g/mol. The number of hydrogen-bond acceptors (Lipinski definition) is 2. The summed E-state index contributed by atoms with van der Waals surface area (Å²) >= 11 is 0. The molecule has 0 radical (unpaired) electrons. The van der Waals surface area contributed by atoms with Gasteiger partial charge in [-0.25, -0.2) is 4.98 Å². The van der Waals surface area contributed by atoms with E-state index in [1.807, 2.05) is 25.1 Å². The van der Waals surface area contributed by atoms with Gasteiger partial charge in [0.25, 0.3) is 5.56 Å². The number of hydrogen-bond donors (Lipinski definition) is 1. The van der Waals surface area contributed by atoms with E-state index < -0.39 is 0 Å². The normalized spacial score (nSPS) is 23.1. The molecule has 20 heavy (non-hydrogen) atoms. The van der Waals surface area contributed by atoms with Crippen LogP contribution in [0, 0.1) is 12.8 Å². The molecule has 106 valence electrons. The van der Waals surface area contributed by atoms with Crippen molar-refractivity contribution in [2.45, 2.75) is 33.2 Å². The maximum Gasteiger partial charge on any atom is 0.258 e. The average molecular weight is 272 g/mol. The number of nitrogens with one attached hydrogen (secondary N) is 1. The van der Waals surface area contributed by atoms with E-state index in [4.69, 9.17) is 0 Å². The second-order valence-electron chi connectivity index (χ2n) is 6.07. The lowest BCUT2D eigenvalue weighted by atomic mass is 10.0. The fraction of sp³-hybridized carbons (Fsp3) is 0.500. The van der Waals surface area contributed by atoms with Crippen LogP contribution in [-0.4, -0.2) is 22.5 Å². The van der Waals surface area contributed by atoms with Gasteiger partial charge in [-0.3, -0.25) is 9.20 Å². The molecule has 0 spiro atoms. The first-order valence-corrected chi connectivity index (χ1v) is 7.45. The first kappa shape index (κ1) is 13.3. The maximum absolute atomic E-state index is 12.2. The Labute approximate surface area is 119 Å². The third-order valence-electron chi connectivity index (χ3n) is 4.23. The van der Waals surface area contributed by atoms with Crippen LogP contribution in [0.3, 0.4) is 0 Å². The molecule has 4 heteroatoms. The number of pyridine rings is 1. The summed E-state index contributed by atoms with van der Waals surface area (Å²) in [7, 11) is 0. The molecule has 3 rings (SSSR count). The van der Waals surface area contributed by atoms with Gasteiger partial charge in [0, 0.05) is 17.7 Å². The first-order valence-electron chi connectivity index (χ1n) is 7.45. The van der Waals surface area contributed by atoms with Gasteiger partial charge in [-0.2, -0.15) is 0 Å². The summed E-state index contributed by atoms with van der Waals surface area (Å²) < 4.78 is 1.68. The summed E-state index contributed by atoms with van der Waals surface area (Å²) in [5.41, 5.74) is 2.65. The molecule has 1 unspecified atom stereocenters. The van der Waals surface area contributed by atoms with E-state index >= 15 is 0 Å².